The topological polar surface area (TPSA) is 56.3 Å². The number of Topliss-reactive ketones (excluding diaryl/α,β-unsaturated/α-hetero) is 1. The zero-order chi connectivity index (χ0) is 18.5. The minimum Gasteiger partial charge on any atom is -0.451 e. The lowest BCUT2D eigenvalue weighted by Crippen LogP contribution is -2.23. The molecule has 4 nitrogen and oxygen atoms in total. The summed E-state index contributed by atoms with van der Waals surface area (Å²) in [5.74, 6) is -1.46. The van der Waals surface area contributed by atoms with Crippen molar-refractivity contribution in [1.29, 1.82) is 0 Å². The van der Waals surface area contributed by atoms with Gasteiger partial charge in [-0.15, -0.1) is 0 Å². The van der Waals surface area contributed by atoms with Gasteiger partial charge in [0.1, 0.15) is 5.82 Å². The van der Waals surface area contributed by atoms with Crippen LogP contribution < -0.4 is 0 Å². The Hall–Kier alpha value is -3.34. The van der Waals surface area contributed by atoms with Crippen LogP contribution in [0.25, 0.3) is 17.0 Å². The van der Waals surface area contributed by atoms with Crippen LogP contribution in [0.15, 0.2) is 66.9 Å². The van der Waals surface area contributed by atoms with Crippen LogP contribution in [-0.2, 0) is 9.53 Å². The fourth-order valence-corrected chi connectivity index (χ4v) is 2.54. The van der Waals surface area contributed by atoms with Crippen molar-refractivity contribution in [1.82, 2.24) is 4.98 Å². The van der Waals surface area contributed by atoms with E-state index in [9.17, 15) is 14.0 Å². The number of carbonyl (C=O) groups is 2. The molecule has 0 saturated heterocycles. The van der Waals surface area contributed by atoms with Gasteiger partial charge < -0.3 is 4.74 Å². The first-order valence-electron chi connectivity index (χ1n) is 8.07. The molecule has 1 atom stereocenters. The van der Waals surface area contributed by atoms with Crippen LogP contribution >= 0.6 is 0 Å². The molecule has 2 aromatic carbocycles. The molecule has 0 radical (unpaired) electrons. The number of hydrogen-bond acceptors (Lipinski definition) is 4. The van der Waals surface area contributed by atoms with Gasteiger partial charge in [-0.1, -0.05) is 24.3 Å². The monoisotopic (exact) mass is 349 g/mol. The number of esters is 1. The highest BCUT2D eigenvalue weighted by Crippen LogP contribution is 2.17. The van der Waals surface area contributed by atoms with Gasteiger partial charge in [0.2, 0.25) is 5.78 Å². The molecule has 0 amide bonds. The Morgan fingerprint density at radius 2 is 1.81 bits per heavy atom. The van der Waals surface area contributed by atoms with Crippen molar-refractivity contribution in [2.75, 3.05) is 0 Å². The number of rotatable bonds is 5. The number of pyridine rings is 1. The van der Waals surface area contributed by atoms with Crippen LogP contribution in [0.3, 0.4) is 0 Å². The Balaban J connectivity index is 1.68. The predicted octanol–water partition coefficient (Wildman–Crippen LogP) is 4.20. The Morgan fingerprint density at radius 1 is 1.08 bits per heavy atom. The molecule has 3 aromatic rings. The van der Waals surface area contributed by atoms with Crippen molar-refractivity contribution in [2.24, 2.45) is 0 Å². The number of halogens is 1. The number of carbonyl (C=O) groups excluding carboxylic acids is 2. The van der Waals surface area contributed by atoms with Crippen LogP contribution in [0, 0.1) is 5.82 Å². The van der Waals surface area contributed by atoms with E-state index < -0.39 is 23.7 Å². The first kappa shape index (κ1) is 17.5. The molecule has 0 fully saturated rings. The van der Waals surface area contributed by atoms with Crippen molar-refractivity contribution < 1.29 is 18.7 Å². The standard InChI is InChI=1S/C21H16FNO3/c1-14(21(25)17-7-10-18(22)11-8-17)26-19(24)12-9-16-5-2-4-15-6-3-13-23-20(15)16/h2-14H,1H3/b12-9+. The van der Waals surface area contributed by atoms with Crippen LogP contribution in [0.2, 0.25) is 0 Å². The highest BCUT2D eigenvalue weighted by molar-refractivity contribution is 6.01. The summed E-state index contributed by atoms with van der Waals surface area (Å²) in [4.78, 5) is 28.5. The zero-order valence-corrected chi connectivity index (χ0v) is 14.1. The first-order chi connectivity index (χ1) is 12.5. The molecule has 1 aromatic heterocycles. The van der Waals surface area contributed by atoms with Crippen LogP contribution in [-0.4, -0.2) is 22.8 Å². The molecule has 0 aliphatic heterocycles. The van der Waals surface area contributed by atoms with Crippen LogP contribution in [0.1, 0.15) is 22.8 Å². The molecule has 0 aliphatic carbocycles. The SMILES string of the molecule is CC(OC(=O)/C=C/c1cccc2cccnc12)C(=O)c1ccc(F)cc1. The van der Waals surface area contributed by atoms with E-state index in [0.29, 0.717) is 0 Å². The van der Waals surface area contributed by atoms with E-state index in [1.807, 2.05) is 30.3 Å². The number of ether oxygens (including phenoxy) is 1. The van der Waals surface area contributed by atoms with Gasteiger partial charge >= 0.3 is 5.97 Å². The Bertz CT molecular complexity index is 975. The highest BCUT2D eigenvalue weighted by atomic mass is 19.1. The minimum atomic E-state index is -0.969. The Morgan fingerprint density at radius 3 is 2.58 bits per heavy atom. The lowest BCUT2D eigenvalue weighted by molar-refractivity contribution is -0.140. The summed E-state index contributed by atoms with van der Waals surface area (Å²) in [6.07, 6.45) is 3.58. The van der Waals surface area contributed by atoms with E-state index in [0.717, 1.165) is 16.5 Å². The average molecular weight is 349 g/mol. The molecule has 1 unspecified atom stereocenters. The van der Waals surface area contributed by atoms with E-state index >= 15 is 0 Å². The van der Waals surface area contributed by atoms with Gasteiger partial charge in [-0.25, -0.2) is 9.18 Å². The molecule has 0 bridgehead atoms. The molecule has 0 saturated carbocycles. The van der Waals surface area contributed by atoms with E-state index in [-0.39, 0.29) is 5.56 Å². The largest absolute Gasteiger partial charge is 0.451 e. The average Bonchev–Trinajstić information content (AvgIpc) is 2.66. The summed E-state index contributed by atoms with van der Waals surface area (Å²) in [6.45, 7) is 1.48. The first-order valence-corrected chi connectivity index (χ1v) is 8.07. The lowest BCUT2D eigenvalue weighted by Gasteiger charge is -2.10. The summed E-state index contributed by atoms with van der Waals surface area (Å²) >= 11 is 0. The molecule has 1 heterocycles. The van der Waals surface area contributed by atoms with E-state index in [1.54, 1.807) is 12.3 Å². The smallest absolute Gasteiger partial charge is 0.331 e. The second-order valence-corrected chi connectivity index (χ2v) is 5.71. The molecule has 130 valence electrons. The third-order valence-electron chi connectivity index (χ3n) is 3.85. The molecular weight excluding hydrogens is 333 g/mol. The third-order valence-corrected chi connectivity index (χ3v) is 3.85. The Kier molecular flexibility index (Phi) is 5.17. The number of fused-ring (bicyclic) bond motifs is 1. The van der Waals surface area contributed by atoms with Crippen LogP contribution in [0.5, 0.6) is 0 Å². The highest BCUT2D eigenvalue weighted by Gasteiger charge is 2.18. The van der Waals surface area contributed by atoms with E-state index in [2.05, 4.69) is 4.98 Å². The van der Waals surface area contributed by atoms with Gasteiger partial charge in [0.05, 0.1) is 5.52 Å². The maximum atomic E-state index is 12.9. The van der Waals surface area contributed by atoms with Crippen molar-refractivity contribution in [2.45, 2.75) is 13.0 Å². The lowest BCUT2D eigenvalue weighted by atomic mass is 10.1. The van der Waals surface area contributed by atoms with Crippen molar-refractivity contribution in [3.8, 4) is 0 Å². The van der Waals surface area contributed by atoms with Gasteiger partial charge in [0.15, 0.2) is 6.10 Å². The van der Waals surface area contributed by atoms with Crippen molar-refractivity contribution in [3.63, 3.8) is 0 Å². The fourth-order valence-electron chi connectivity index (χ4n) is 2.54. The van der Waals surface area contributed by atoms with Crippen LogP contribution in [0.4, 0.5) is 4.39 Å². The number of benzene rings is 2. The van der Waals surface area contributed by atoms with Crippen molar-refractivity contribution >= 4 is 28.7 Å². The second kappa shape index (κ2) is 7.70. The number of aromatic nitrogens is 1. The summed E-state index contributed by atoms with van der Waals surface area (Å²) in [5, 5.41) is 0.961. The Labute approximate surface area is 149 Å². The summed E-state index contributed by atoms with van der Waals surface area (Å²) in [5.41, 5.74) is 1.83. The number of ketones is 1. The second-order valence-electron chi connectivity index (χ2n) is 5.71. The van der Waals surface area contributed by atoms with E-state index in [1.165, 1.54) is 37.3 Å². The van der Waals surface area contributed by atoms with Gasteiger partial charge in [-0.3, -0.25) is 9.78 Å². The third kappa shape index (κ3) is 4.00. The molecule has 26 heavy (non-hydrogen) atoms. The summed E-state index contributed by atoms with van der Waals surface area (Å²) < 4.78 is 18.1. The summed E-state index contributed by atoms with van der Waals surface area (Å²) in [7, 11) is 0. The maximum Gasteiger partial charge on any atom is 0.331 e. The minimum absolute atomic E-state index is 0.286. The maximum absolute atomic E-state index is 12.9. The normalized spacial score (nSPS) is 12.2. The molecular formula is C21H16FNO3. The predicted molar refractivity (Wildman–Crippen MR) is 97.1 cm³/mol. The van der Waals surface area contributed by atoms with Gasteiger partial charge in [0, 0.05) is 28.8 Å². The van der Waals surface area contributed by atoms with Gasteiger partial charge in [-0.2, -0.15) is 0 Å². The molecule has 5 heteroatoms. The number of hydrogen-bond donors (Lipinski definition) is 0. The van der Waals surface area contributed by atoms with Gasteiger partial charge in [-0.05, 0) is 43.3 Å². The van der Waals surface area contributed by atoms with E-state index in [4.69, 9.17) is 4.74 Å². The number of para-hydroxylation sites is 1. The molecule has 0 aliphatic rings. The zero-order valence-electron chi connectivity index (χ0n) is 14.1. The van der Waals surface area contributed by atoms with Gasteiger partial charge in [0.25, 0.3) is 0 Å². The summed E-state index contributed by atoms with van der Waals surface area (Å²) in [6, 6.07) is 14.5. The fraction of sp³-hybridized carbons (Fsp3) is 0.0952. The molecule has 0 spiro atoms. The molecule has 3 rings (SSSR count). The molecule has 0 N–H and O–H groups in total. The van der Waals surface area contributed by atoms with Crippen molar-refractivity contribution in [3.05, 3.63) is 83.8 Å². The number of nitrogens with zero attached hydrogens (tertiary/aromatic N) is 1. The quantitative estimate of drug-likeness (QED) is 0.393.